The summed E-state index contributed by atoms with van der Waals surface area (Å²) in [6.07, 6.45) is 0. The molecule has 94 valence electrons. The van der Waals surface area contributed by atoms with Crippen molar-refractivity contribution in [3.8, 4) is 11.5 Å². The van der Waals surface area contributed by atoms with E-state index in [1.54, 1.807) is 0 Å². The lowest BCUT2D eigenvalue weighted by molar-refractivity contribution is 0.173. The van der Waals surface area contributed by atoms with Gasteiger partial charge in [-0.15, -0.1) is 0 Å². The maximum atomic E-state index is 5.48. The summed E-state index contributed by atoms with van der Waals surface area (Å²) >= 11 is 2.16. The molecule has 0 unspecified atom stereocenters. The smallest absolute Gasteiger partial charge is 0.231 e. The van der Waals surface area contributed by atoms with E-state index in [0.717, 1.165) is 33.1 Å². The fourth-order valence-corrected chi connectivity index (χ4v) is 2.36. The predicted molar refractivity (Wildman–Crippen MR) is 74.5 cm³/mol. The number of ether oxygens (including phenoxy) is 2. The molecule has 0 saturated heterocycles. The highest BCUT2D eigenvalue weighted by molar-refractivity contribution is 14.1. The third-order valence-corrected chi connectivity index (χ3v) is 3.30. The highest BCUT2D eigenvalue weighted by Gasteiger charge is 2.16. The second-order valence-corrected chi connectivity index (χ2v) is 5.02. The summed E-state index contributed by atoms with van der Waals surface area (Å²) in [5, 5.41) is 3.33. The summed E-state index contributed by atoms with van der Waals surface area (Å²) in [6.45, 7) is 1.74. The zero-order chi connectivity index (χ0) is 12.4. The zero-order valence-corrected chi connectivity index (χ0v) is 11.8. The lowest BCUT2D eigenvalue weighted by Crippen LogP contribution is -2.12. The average molecular weight is 357 g/mol. The highest BCUT2D eigenvalue weighted by atomic mass is 127. The lowest BCUT2D eigenvalue weighted by Gasteiger charge is -2.06. The van der Waals surface area contributed by atoms with Gasteiger partial charge >= 0.3 is 0 Å². The minimum atomic E-state index is 0.308. The molecule has 1 aliphatic heterocycles. The first kappa shape index (κ1) is 11.9. The molecule has 0 amide bonds. The van der Waals surface area contributed by atoms with Crippen molar-refractivity contribution < 1.29 is 13.9 Å². The second kappa shape index (κ2) is 5.19. The molecular weight excluding hydrogens is 345 g/mol. The molecule has 0 fully saturated rings. The summed E-state index contributed by atoms with van der Waals surface area (Å²) in [6, 6.07) is 9.85. The Hall–Kier alpha value is -1.21. The quantitative estimate of drug-likeness (QED) is 0.855. The van der Waals surface area contributed by atoms with Gasteiger partial charge in [0.15, 0.2) is 15.3 Å². The van der Waals surface area contributed by atoms with Gasteiger partial charge in [0.05, 0.1) is 6.54 Å². The summed E-state index contributed by atoms with van der Waals surface area (Å²) in [4.78, 5) is 0. The Morgan fingerprint density at radius 2 is 2.06 bits per heavy atom. The van der Waals surface area contributed by atoms with Crippen LogP contribution in [0.5, 0.6) is 11.5 Å². The second-order valence-electron chi connectivity index (χ2n) is 3.96. The number of furan rings is 1. The van der Waals surface area contributed by atoms with E-state index >= 15 is 0 Å². The van der Waals surface area contributed by atoms with Crippen LogP contribution in [0.15, 0.2) is 34.7 Å². The van der Waals surface area contributed by atoms with Gasteiger partial charge < -0.3 is 19.2 Å². The van der Waals surface area contributed by atoms with E-state index < -0.39 is 0 Å². The number of hydrogen-bond acceptors (Lipinski definition) is 4. The number of rotatable bonds is 4. The van der Waals surface area contributed by atoms with Crippen LogP contribution in [0.25, 0.3) is 0 Å². The van der Waals surface area contributed by atoms with Gasteiger partial charge in [0, 0.05) is 12.1 Å². The van der Waals surface area contributed by atoms with Gasteiger partial charge in [0.1, 0.15) is 5.76 Å². The van der Waals surface area contributed by atoms with Crippen molar-refractivity contribution in [3.63, 3.8) is 0 Å². The Balaban J connectivity index is 1.62. The van der Waals surface area contributed by atoms with Crippen molar-refractivity contribution in [2.45, 2.75) is 13.1 Å². The molecule has 0 bridgehead atoms. The number of halogens is 1. The van der Waals surface area contributed by atoms with Crippen LogP contribution in [-0.4, -0.2) is 6.79 Å². The van der Waals surface area contributed by atoms with Gasteiger partial charge in [-0.05, 0) is 40.8 Å². The van der Waals surface area contributed by atoms with E-state index in [0.29, 0.717) is 13.3 Å². The van der Waals surface area contributed by atoms with Crippen molar-refractivity contribution in [3.05, 3.63) is 45.4 Å². The number of para-hydroxylation sites is 1. The van der Waals surface area contributed by atoms with E-state index in [-0.39, 0.29) is 0 Å². The number of fused-ring (bicyclic) bond motifs is 1. The summed E-state index contributed by atoms with van der Waals surface area (Å²) < 4.78 is 17.2. The van der Waals surface area contributed by atoms with Gasteiger partial charge in [0.25, 0.3) is 0 Å². The van der Waals surface area contributed by atoms with Crippen molar-refractivity contribution in [2.24, 2.45) is 0 Å². The maximum Gasteiger partial charge on any atom is 0.231 e. The van der Waals surface area contributed by atoms with E-state index in [4.69, 9.17) is 13.9 Å². The fraction of sp³-hybridized carbons (Fsp3) is 0.231. The summed E-state index contributed by atoms with van der Waals surface area (Å²) in [5.41, 5.74) is 1.10. The molecule has 2 heterocycles. The zero-order valence-electron chi connectivity index (χ0n) is 9.61. The van der Waals surface area contributed by atoms with Crippen molar-refractivity contribution in [1.82, 2.24) is 5.32 Å². The molecule has 1 N–H and O–H groups in total. The van der Waals surface area contributed by atoms with Crippen LogP contribution < -0.4 is 14.8 Å². The van der Waals surface area contributed by atoms with Crippen LogP contribution in [-0.2, 0) is 13.1 Å². The Kier molecular flexibility index (Phi) is 3.42. The number of benzene rings is 1. The summed E-state index contributed by atoms with van der Waals surface area (Å²) in [5.74, 6) is 2.60. The van der Waals surface area contributed by atoms with Gasteiger partial charge in [-0.1, -0.05) is 12.1 Å². The average Bonchev–Trinajstić information content (AvgIpc) is 2.98. The Morgan fingerprint density at radius 3 is 2.89 bits per heavy atom. The monoisotopic (exact) mass is 357 g/mol. The van der Waals surface area contributed by atoms with E-state index in [2.05, 4.69) is 27.9 Å². The molecule has 1 aromatic carbocycles. The molecular formula is C13H12INO3. The van der Waals surface area contributed by atoms with Gasteiger partial charge in [-0.25, -0.2) is 0 Å². The Bertz CT molecular complexity index is 553. The van der Waals surface area contributed by atoms with Gasteiger partial charge in [0.2, 0.25) is 6.79 Å². The standard InChI is InChI=1S/C13H12INO3/c14-12-5-4-10(18-12)7-15-6-9-2-1-3-11-13(9)17-8-16-11/h1-5,15H,6-8H2. The molecule has 2 aromatic rings. The van der Waals surface area contributed by atoms with Crippen LogP contribution >= 0.6 is 22.6 Å². The third-order valence-electron chi connectivity index (χ3n) is 2.72. The first-order valence-corrected chi connectivity index (χ1v) is 6.73. The molecule has 0 spiro atoms. The highest BCUT2D eigenvalue weighted by Crippen LogP contribution is 2.35. The molecule has 4 nitrogen and oxygen atoms in total. The topological polar surface area (TPSA) is 43.6 Å². The van der Waals surface area contributed by atoms with Gasteiger partial charge in [-0.3, -0.25) is 0 Å². The van der Waals surface area contributed by atoms with E-state index in [1.165, 1.54) is 0 Å². The lowest BCUT2D eigenvalue weighted by atomic mass is 10.2. The number of nitrogens with one attached hydrogen (secondary N) is 1. The van der Waals surface area contributed by atoms with E-state index in [9.17, 15) is 0 Å². The van der Waals surface area contributed by atoms with Crippen molar-refractivity contribution in [1.29, 1.82) is 0 Å². The van der Waals surface area contributed by atoms with Crippen LogP contribution in [0.1, 0.15) is 11.3 Å². The molecule has 0 saturated carbocycles. The summed E-state index contributed by atoms with van der Waals surface area (Å²) in [7, 11) is 0. The Labute approximate surface area is 118 Å². The van der Waals surface area contributed by atoms with Crippen molar-refractivity contribution >= 4 is 22.6 Å². The molecule has 3 rings (SSSR count). The van der Waals surface area contributed by atoms with Crippen LogP contribution in [0.3, 0.4) is 0 Å². The van der Waals surface area contributed by atoms with Crippen LogP contribution in [0.2, 0.25) is 0 Å². The molecule has 5 heteroatoms. The first-order valence-electron chi connectivity index (χ1n) is 5.65. The van der Waals surface area contributed by atoms with Crippen LogP contribution in [0.4, 0.5) is 0 Å². The molecule has 18 heavy (non-hydrogen) atoms. The Morgan fingerprint density at radius 1 is 1.11 bits per heavy atom. The van der Waals surface area contributed by atoms with Crippen LogP contribution in [0, 0.1) is 3.77 Å². The fourth-order valence-electron chi connectivity index (χ4n) is 1.90. The molecule has 0 atom stereocenters. The maximum absolute atomic E-state index is 5.48. The minimum absolute atomic E-state index is 0.308. The number of hydrogen-bond donors (Lipinski definition) is 1. The first-order chi connectivity index (χ1) is 8.83. The molecule has 1 aromatic heterocycles. The molecule has 0 aliphatic carbocycles. The molecule has 1 aliphatic rings. The van der Waals surface area contributed by atoms with Crippen molar-refractivity contribution in [2.75, 3.05) is 6.79 Å². The minimum Gasteiger partial charge on any atom is -0.454 e. The molecule has 0 radical (unpaired) electrons. The largest absolute Gasteiger partial charge is 0.454 e. The predicted octanol–water partition coefficient (Wildman–Crippen LogP) is 2.90. The SMILES string of the molecule is Ic1ccc(CNCc2cccc3c2OCO3)o1. The van der Waals surface area contributed by atoms with E-state index in [1.807, 2.05) is 30.3 Å². The van der Waals surface area contributed by atoms with Gasteiger partial charge in [-0.2, -0.15) is 0 Å². The normalized spacial score (nSPS) is 12.9. The third kappa shape index (κ3) is 2.46.